The van der Waals surface area contributed by atoms with Gasteiger partial charge in [-0.05, 0) is 42.5 Å². The summed E-state index contributed by atoms with van der Waals surface area (Å²) in [7, 11) is 0. The minimum Gasteiger partial charge on any atom is -0.217 e. The molecule has 5 rings (SSSR count). The molecule has 0 saturated heterocycles. The molecule has 0 saturated carbocycles. The van der Waals surface area contributed by atoms with Gasteiger partial charge < -0.3 is 0 Å². The van der Waals surface area contributed by atoms with Crippen LogP contribution in [0.4, 0.5) is 0 Å². The van der Waals surface area contributed by atoms with Gasteiger partial charge in [-0.2, -0.15) is 5.26 Å². The van der Waals surface area contributed by atoms with Crippen molar-refractivity contribution in [3.8, 4) is 51.6 Å². The number of hydrogen-bond donors (Lipinski definition) is 0. The summed E-state index contributed by atoms with van der Waals surface area (Å²) in [5.74, 6) is 6.32. The number of nitriles is 1. The average Bonchev–Trinajstić information content (AvgIpc) is 3.07. The normalized spacial score (nSPS) is 11.7. The summed E-state index contributed by atoms with van der Waals surface area (Å²) in [6, 6.07) is 15.5. The molecule has 10 nitrogen and oxygen atoms in total. The minimum absolute atomic E-state index is 0.0491. The van der Waals surface area contributed by atoms with Gasteiger partial charge in [0.25, 0.3) is 0 Å². The molecule has 0 amide bonds. The van der Waals surface area contributed by atoms with Crippen LogP contribution in [0, 0.1) is 11.3 Å². The fourth-order valence-corrected chi connectivity index (χ4v) is 4.73. The summed E-state index contributed by atoms with van der Waals surface area (Å²) < 4.78 is 0. The molecule has 10 heteroatoms. The van der Waals surface area contributed by atoms with Gasteiger partial charge in [0.1, 0.15) is 29.1 Å². The fraction of sp³-hybridized carbons (Fsp3) is 0.405. The van der Waals surface area contributed by atoms with E-state index in [-0.39, 0.29) is 29.6 Å². The van der Waals surface area contributed by atoms with Gasteiger partial charge in [-0.1, -0.05) is 69.2 Å². The van der Waals surface area contributed by atoms with Crippen LogP contribution in [0.1, 0.15) is 134 Å². The zero-order chi connectivity index (χ0) is 34.0. The van der Waals surface area contributed by atoms with E-state index in [9.17, 15) is 5.26 Å². The largest absolute Gasteiger partial charge is 0.217 e. The lowest BCUT2D eigenvalue weighted by Crippen LogP contribution is -2.09. The molecule has 2 aromatic carbocycles. The second-order valence-corrected chi connectivity index (χ2v) is 13.4. The SMILES string of the molecule is CC(C)c1nc(-c2ccc(C#N)cc2)nc(-c2cc(-c3nc(C(C)C)nc(C(C)C)n3)cc(-c3nc(C(C)C)nc(C(C)C)n3)c2)n1. The van der Waals surface area contributed by atoms with Gasteiger partial charge in [-0.15, -0.1) is 0 Å². The van der Waals surface area contributed by atoms with Crippen LogP contribution >= 0.6 is 0 Å². The van der Waals surface area contributed by atoms with Gasteiger partial charge in [-0.25, -0.2) is 44.9 Å². The highest BCUT2D eigenvalue weighted by molar-refractivity contribution is 5.75. The van der Waals surface area contributed by atoms with Crippen LogP contribution in [0.15, 0.2) is 42.5 Å². The lowest BCUT2D eigenvalue weighted by atomic mass is 10.0. The maximum Gasteiger partial charge on any atom is 0.163 e. The van der Waals surface area contributed by atoms with E-state index in [1.54, 1.807) is 12.1 Å². The second kappa shape index (κ2) is 13.8. The van der Waals surface area contributed by atoms with Crippen LogP contribution in [0.25, 0.3) is 45.6 Å². The van der Waals surface area contributed by atoms with Crippen molar-refractivity contribution in [3.05, 3.63) is 77.2 Å². The van der Waals surface area contributed by atoms with Crippen molar-refractivity contribution in [2.24, 2.45) is 0 Å². The Bertz CT molecular complexity index is 1800. The lowest BCUT2D eigenvalue weighted by molar-refractivity contribution is 0.696. The molecule has 0 atom stereocenters. The summed E-state index contributed by atoms with van der Waals surface area (Å²) in [4.78, 5) is 43.9. The van der Waals surface area contributed by atoms with Gasteiger partial charge in [0.05, 0.1) is 11.6 Å². The van der Waals surface area contributed by atoms with E-state index in [1.165, 1.54) is 0 Å². The van der Waals surface area contributed by atoms with Crippen LogP contribution in [-0.2, 0) is 0 Å². The first-order valence-corrected chi connectivity index (χ1v) is 16.3. The molecule has 0 spiro atoms. The van der Waals surface area contributed by atoms with Crippen molar-refractivity contribution in [2.45, 2.75) is 98.8 Å². The second-order valence-electron chi connectivity index (χ2n) is 13.4. The summed E-state index contributed by atoms with van der Waals surface area (Å²) in [5.41, 5.74) is 3.70. The van der Waals surface area contributed by atoms with Gasteiger partial charge in [0, 0.05) is 51.8 Å². The van der Waals surface area contributed by atoms with Crippen molar-refractivity contribution < 1.29 is 0 Å². The van der Waals surface area contributed by atoms with Crippen molar-refractivity contribution in [1.82, 2.24) is 44.9 Å². The number of benzene rings is 2. The Labute approximate surface area is 277 Å². The van der Waals surface area contributed by atoms with Crippen LogP contribution in [0.3, 0.4) is 0 Å². The molecule has 240 valence electrons. The van der Waals surface area contributed by atoms with Gasteiger partial charge >= 0.3 is 0 Å². The monoisotopic (exact) mass is 626 g/mol. The molecule has 3 aromatic heterocycles. The Morgan fingerprint density at radius 2 is 0.660 bits per heavy atom. The van der Waals surface area contributed by atoms with E-state index in [2.05, 4.69) is 75.3 Å². The van der Waals surface area contributed by atoms with Gasteiger partial charge in [0.2, 0.25) is 0 Å². The van der Waals surface area contributed by atoms with Crippen molar-refractivity contribution >= 4 is 0 Å². The standard InChI is InChI=1S/C37H42N10/c1-19(2)29-39-30(20(3)4)43-35(42-29)26-15-27(36-44-31(21(5)6)40-32(45-36)22(7)8)17-28(16-26)37-46-33(23(9)10)41-34(47-37)25-13-11-24(18-38)12-14-25/h11-17,19-23H,1-10H3. The van der Waals surface area contributed by atoms with Crippen LogP contribution < -0.4 is 0 Å². The molecule has 0 bridgehead atoms. The Hall–Kier alpha value is -5.04. The van der Waals surface area contributed by atoms with Crippen LogP contribution in [0.5, 0.6) is 0 Å². The van der Waals surface area contributed by atoms with E-state index < -0.39 is 0 Å². The number of nitrogens with zero attached hydrogens (tertiary/aromatic N) is 10. The maximum atomic E-state index is 9.32. The third kappa shape index (κ3) is 7.51. The molecule has 5 aromatic rings. The van der Waals surface area contributed by atoms with Crippen molar-refractivity contribution in [2.75, 3.05) is 0 Å². The molecule has 0 aliphatic rings. The predicted octanol–water partition coefficient (Wildman–Crippen LogP) is 8.40. The molecule has 3 heterocycles. The first-order chi connectivity index (χ1) is 22.3. The van der Waals surface area contributed by atoms with Crippen molar-refractivity contribution in [3.63, 3.8) is 0 Å². The topological polar surface area (TPSA) is 140 Å². The summed E-state index contributed by atoms with van der Waals surface area (Å²) in [6.45, 7) is 20.8. The molecule has 0 N–H and O–H groups in total. The van der Waals surface area contributed by atoms with Crippen LogP contribution in [-0.4, -0.2) is 44.9 Å². The number of rotatable bonds is 9. The molecule has 0 fully saturated rings. The Kier molecular flexibility index (Phi) is 9.75. The van der Waals surface area contributed by atoms with Gasteiger partial charge in [0.15, 0.2) is 23.3 Å². The lowest BCUT2D eigenvalue weighted by Gasteiger charge is -2.15. The van der Waals surface area contributed by atoms with E-state index >= 15 is 0 Å². The summed E-state index contributed by atoms with van der Waals surface area (Å²) in [6.07, 6.45) is 0. The summed E-state index contributed by atoms with van der Waals surface area (Å²) >= 11 is 0. The summed E-state index contributed by atoms with van der Waals surface area (Å²) in [5, 5.41) is 9.32. The van der Waals surface area contributed by atoms with Crippen LogP contribution in [0.2, 0.25) is 0 Å². The molecular weight excluding hydrogens is 584 g/mol. The first kappa shape index (κ1) is 33.3. The minimum atomic E-state index is 0.0491. The van der Waals surface area contributed by atoms with E-state index in [4.69, 9.17) is 44.9 Å². The predicted molar refractivity (Wildman–Crippen MR) is 184 cm³/mol. The van der Waals surface area contributed by atoms with E-state index in [0.29, 0.717) is 34.7 Å². The Balaban J connectivity index is 1.80. The molecule has 0 aliphatic heterocycles. The van der Waals surface area contributed by atoms with Gasteiger partial charge in [-0.3, -0.25) is 0 Å². The highest BCUT2D eigenvalue weighted by atomic mass is 15.1. The molecular formula is C37H42N10. The maximum absolute atomic E-state index is 9.32. The number of hydrogen-bond acceptors (Lipinski definition) is 10. The zero-order valence-electron chi connectivity index (χ0n) is 28.9. The van der Waals surface area contributed by atoms with E-state index in [1.807, 2.05) is 30.3 Å². The molecule has 0 radical (unpaired) electrons. The van der Waals surface area contributed by atoms with Crippen molar-refractivity contribution in [1.29, 1.82) is 5.26 Å². The third-order valence-corrected chi connectivity index (χ3v) is 7.55. The Morgan fingerprint density at radius 3 is 0.957 bits per heavy atom. The molecule has 0 aliphatic carbocycles. The molecule has 0 unspecified atom stereocenters. The average molecular weight is 627 g/mol. The number of aromatic nitrogens is 9. The van der Waals surface area contributed by atoms with E-state index in [0.717, 1.165) is 45.6 Å². The highest BCUT2D eigenvalue weighted by Crippen LogP contribution is 2.32. The first-order valence-electron chi connectivity index (χ1n) is 16.3. The molecule has 47 heavy (non-hydrogen) atoms. The zero-order valence-corrected chi connectivity index (χ0v) is 28.9. The Morgan fingerprint density at radius 1 is 0.383 bits per heavy atom. The smallest absolute Gasteiger partial charge is 0.163 e. The third-order valence-electron chi connectivity index (χ3n) is 7.55. The fourth-order valence-electron chi connectivity index (χ4n) is 4.73. The highest BCUT2D eigenvalue weighted by Gasteiger charge is 2.20. The quantitative estimate of drug-likeness (QED) is 0.157.